The Bertz CT molecular complexity index is 1400. The number of benzene rings is 3. The number of amides is 2. The van der Waals surface area contributed by atoms with E-state index in [0.29, 0.717) is 22.8 Å². The van der Waals surface area contributed by atoms with Crippen LogP contribution in [0.2, 0.25) is 5.02 Å². The topological polar surface area (TPSA) is 86.8 Å². The van der Waals surface area contributed by atoms with Gasteiger partial charge in [-0.05, 0) is 54.3 Å². The summed E-state index contributed by atoms with van der Waals surface area (Å²) in [6.45, 7) is 3.92. The number of sulfonamides is 1. The summed E-state index contributed by atoms with van der Waals surface area (Å²) in [7, 11) is -3.87. The van der Waals surface area contributed by atoms with Gasteiger partial charge in [0.2, 0.25) is 21.8 Å². The Morgan fingerprint density at radius 2 is 1.68 bits per heavy atom. The molecule has 7 nitrogen and oxygen atoms in total. The predicted octanol–water partition coefficient (Wildman–Crippen LogP) is 5.73. The number of hydrogen-bond acceptors (Lipinski definition) is 4. The molecule has 2 amide bonds. The minimum absolute atomic E-state index is 0.122. The van der Waals surface area contributed by atoms with Crippen LogP contribution in [-0.2, 0) is 32.6 Å². The van der Waals surface area contributed by atoms with Crippen molar-refractivity contribution in [3.05, 3.63) is 99.0 Å². The van der Waals surface area contributed by atoms with Crippen molar-refractivity contribution in [3.8, 4) is 0 Å². The minimum atomic E-state index is -3.87. The van der Waals surface area contributed by atoms with E-state index in [1.54, 1.807) is 19.1 Å². The second-order valence-corrected chi connectivity index (χ2v) is 13.0. The van der Waals surface area contributed by atoms with E-state index in [2.05, 4.69) is 21.2 Å². The molecule has 1 N–H and O–H groups in total. The zero-order valence-electron chi connectivity index (χ0n) is 22.9. The summed E-state index contributed by atoms with van der Waals surface area (Å²) < 4.78 is 27.8. The Kier molecular flexibility index (Phi) is 11.6. The number of rotatable bonds is 13. The molecule has 0 spiro atoms. The predicted molar refractivity (Wildman–Crippen MR) is 165 cm³/mol. The van der Waals surface area contributed by atoms with Gasteiger partial charge < -0.3 is 10.2 Å². The SMILES string of the molecule is CCCCNC(=O)[C@H](Cc1ccccc1)N(Cc1ccc(Br)cc1)C(=O)CN(c1cc(Cl)ccc1C)S(C)(=O)=O. The summed E-state index contributed by atoms with van der Waals surface area (Å²) in [6.07, 6.45) is 3.04. The maximum atomic E-state index is 14.1. The first-order chi connectivity index (χ1) is 19.0. The van der Waals surface area contributed by atoms with Crippen molar-refractivity contribution in [1.29, 1.82) is 0 Å². The van der Waals surface area contributed by atoms with Gasteiger partial charge in [0.25, 0.3) is 0 Å². The Labute approximate surface area is 250 Å². The average Bonchev–Trinajstić information content (AvgIpc) is 2.91. The largest absolute Gasteiger partial charge is 0.354 e. The highest BCUT2D eigenvalue weighted by Gasteiger charge is 2.33. The summed E-state index contributed by atoms with van der Waals surface area (Å²) in [5, 5.41) is 3.33. The number of anilines is 1. The van der Waals surface area contributed by atoms with Crippen LogP contribution in [0.1, 0.15) is 36.5 Å². The highest BCUT2D eigenvalue weighted by atomic mass is 79.9. The number of unbranched alkanes of at least 4 members (excludes halogenated alkanes) is 1. The lowest BCUT2D eigenvalue weighted by atomic mass is 10.0. The first-order valence-corrected chi connectivity index (χ1v) is 16.1. The van der Waals surface area contributed by atoms with Crippen LogP contribution in [-0.4, -0.2) is 50.5 Å². The second-order valence-electron chi connectivity index (χ2n) is 9.70. The van der Waals surface area contributed by atoms with Gasteiger partial charge in [-0.15, -0.1) is 0 Å². The van der Waals surface area contributed by atoms with E-state index in [-0.39, 0.29) is 18.9 Å². The molecule has 3 aromatic rings. The Balaban J connectivity index is 2.05. The molecule has 3 aromatic carbocycles. The lowest BCUT2D eigenvalue weighted by Gasteiger charge is -2.34. The molecule has 0 heterocycles. The molecule has 0 bridgehead atoms. The number of carbonyl (C=O) groups is 2. The number of aryl methyl sites for hydroxylation is 1. The van der Waals surface area contributed by atoms with E-state index in [4.69, 9.17) is 11.6 Å². The van der Waals surface area contributed by atoms with Gasteiger partial charge in [-0.3, -0.25) is 13.9 Å². The highest BCUT2D eigenvalue weighted by molar-refractivity contribution is 9.10. The van der Waals surface area contributed by atoms with Crippen molar-refractivity contribution in [2.24, 2.45) is 0 Å². The smallest absolute Gasteiger partial charge is 0.244 e. The van der Waals surface area contributed by atoms with Crippen molar-refractivity contribution < 1.29 is 18.0 Å². The van der Waals surface area contributed by atoms with E-state index in [0.717, 1.165) is 39.0 Å². The van der Waals surface area contributed by atoms with Gasteiger partial charge in [-0.1, -0.05) is 89.4 Å². The molecular formula is C30H35BrClN3O4S. The van der Waals surface area contributed by atoms with E-state index in [1.165, 1.54) is 11.0 Å². The molecule has 0 saturated carbocycles. The quantitative estimate of drug-likeness (QED) is 0.240. The fourth-order valence-corrected chi connectivity index (χ4v) is 5.62. The highest BCUT2D eigenvalue weighted by Crippen LogP contribution is 2.27. The third-order valence-electron chi connectivity index (χ3n) is 6.49. The lowest BCUT2D eigenvalue weighted by molar-refractivity contribution is -0.140. The third-order valence-corrected chi connectivity index (χ3v) is 8.38. The van der Waals surface area contributed by atoms with Crippen LogP contribution in [0.4, 0.5) is 5.69 Å². The van der Waals surface area contributed by atoms with Gasteiger partial charge in [-0.2, -0.15) is 0 Å². The maximum Gasteiger partial charge on any atom is 0.244 e. The Morgan fingerprint density at radius 3 is 2.30 bits per heavy atom. The molecule has 0 aliphatic carbocycles. The maximum absolute atomic E-state index is 14.1. The fourth-order valence-electron chi connectivity index (χ4n) is 4.29. The molecular weight excluding hydrogens is 614 g/mol. The minimum Gasteiger partial charge on any atom is -0.354 e. The number of nitrogens with zero attached hydrogens (tertiary/aromatic N) is 2. The summed E-state index contributed by atoms with van der Waals surface area (Å²) in [4.78, 5) is 29.2. The van der Waals surface area contributed by atoms with E-state index in [1.807, 2.05) is 61.5 Å². The van der Waals surface area contributed by atoms with Gasteiger partial charge in [0.1, 0.15) is 12.6 Å². The number of nitrogens with one attached hydrogen (secondary N) is 1. The summed E-state index contributed by atoms with van der Waals surface area (Å²) >= 11 is 9.64. The normalized spacial score (nSPS) is 12.0. The van der Waals surface area contributed by atoms with Crippen molar-refractivity contribution in [1.82, 2.24) is 10.2 Å². The van der Waals surface area contributed by atoms with E-state index < -0.39 is 28.5 Å². The lowest BCUT2D eigenvalue weighted by Crippen LogP contribution is -2.53. The monoisotopic (exact) mass is 647 g/mol. The van der Waals surface area contributed by atoms with Gasteiger partial charge in [0.15, 0.2) is 0 Å². The Hall–Kier alpha value is -2.88. The van der Waals surface area contributed by atoms with Gasteiger partial charge in [-0.25, -0.2) is 8.42 Å². The molecule has 40 heavy (non-hydrogen) atoms. The molecule has 1 atom stereocenters. The summed E-state index contributed by atoms with van der Waals surface area (Å²) in [6, 6.07) is 21.0. The van der Waals surface area contributed by atoms with Gasteiger partial charge in [0, 0.05) is 29.0 Å². The van der Waals surface area contributed by atoms with E-state index >= 15 is 0 Å². The van der Waals surface area contributed by atoms with Gasteiger partial charge in [0.05, 0.1) is 11.9 Å². The van der Waals surface area contributed by atoms with Crippen LogP contribution < -0.4 is 9.62 Å². The number of carbonyl (C=O) groups excluding carboxylic acids is 2. The number of hydrogen-bond donors (Lipinski definition) is 1. The number of halogens is 2. The van der Waals surface area contributed by atoms with Crippen LogP contribution in [0.3, 0.4) is 0 Å². The van der Waals surface area contributed by atoms with E-state index in [9.17, 15) is 18.0 Å². The molecule has 0 unspecified atom stereocenters. The molecule has 0 aromatic heterocycles. The fraction of sp³-hybridized carbons (Fsp3) is 0.333. The van der Waals surface area contributed by atoms with Crippen molar-refractivity contribution in [2.45, 2.75) is 45.7 Å². The third kappa shape index (κ3) is 9.08. The molecule has 10 heteroatoms. The summed E-state index contributed by atoms with van der Waals surface area (Å²) in [5.41, 5.74) is 2.66. The summed E-state index contributed by atoms with van der Waals surface area (Å²) in [5.74, 6) is -0.785. The van der Waals surface area contributed by atoms with Crippen LogP contribution in [0.15, 0.2) is 77.3 Å². The molecule has 214 valence electrons. The zero-order chi connectivity index (χ0) is 29.3. The zero-order valence-corrected chi connectivity index (χ0v) is 26.1. The molecule has 0 radical (unpaired) electrons. The molecule has 0 aliphatic rings. The van der Waals surface area contributed by atoms with Crippen LogP contribution >= 0.6 is 27.5 Å². The Morgan fingerprint density at radius 1 is 1.00 bits per heavy atom. The van der Waals surface area contributed by atoms with Crippen molar-refractivity contribution >= 4 is 55.1 Å². The van der Waals surface area contributed by atoms with Crippen LogP contribution in [0.5, 0.6) is 0 Å². The molecule has 0 fully saturated rings. The van der Waals surface area contributed by atoms with Crippen molar-refractivity contribution in [2.75, 3.05) is 23.7 Å². The van der Waals surface area contributed by atoms with Crippen LogP contribution in [0, 0.1) is 6.92 Å². The molecule has 3 rings (SSSR count). The molecule has 0 aliphatic heterocycles. The van der Waals surface area contributed by atoms with Crippen LogP contribution in [0.25, 0.3) is 0 Å². The first-order valence-electron chi connectivity index (χ1n) is 13.1. The molecule has 0 saturated heterocycles. The van der Waals surface area contributed by atoms with Gasteiger partial charge >= 0.3 is 0 Å². The van der Waals surface area contributed by atoms with Crippen molar-refractivity contribution in [3.63, 3.8) is 0 Å². The first kappa shape index (κ1) is 31.6. The second kappa shape index (κ2) is 14.7. The average molecular weight is 649 g/mol. The standard InChI is InChI=1S/C30H35BrClN3O4S/c1-4-5-17-33-30(37)28(18-23-9-7-6-8-10-23)34(20-24-12-14-25(31)15-13-24)29(36)21-35(40(3,38)39)27-19-26(32)16-11-22(27)2/h6-16,19,28H,4-5,17-18,20-21H2,1-3H3,(H,33,37)/t28-/m0/s1.